The second-order valence-electron chi connectivity index (χ2n) is 2.09. The Morgan fingerprint density at radius 2 is 2.54 bits per heavy atom. The van der Waals surface area contributed by atoms with E-state index in [9.17, 15) is 0 Å². The Kier molecular flexibility index (Phi) is 3.35. The van der Waals surface area contributed by atoms with E-state index in [1.165, 1.54) is 6.20 Å². The van der Waals surface area contributed by atoms with Gasteiger partial charge >= 0.3 is 0 Å². The van der Waals surface area contributed by atoms with Crippen LogP contribution in [-0.4, -0.2) is 23.6 Å². The number of ether oxygens (including phenoxy) is 1. The van der Waals surface area contributed by atoms with Crippen molar-refractivity contribution in [2.24, 2.45) is 0 Å². The number of halogens is 1. The highest BCUT2D eigenvalue weighted by atomic mass is 35.5. The van der Waals surface area contributed by atoms with E-state index in [2.05, 4.69) is 21.2 Å². The Morgan fingerprint density at radius 1 is 1.77 bits per heavy atom. The molecule has 0 radical (unpaired) electrons. The van der Waals surface area contributed by atoms with Crippen molar-refractivity contribution in [3.8, 4) is 18.2 Å². The minimum absolute atomic E-state index is 0.139. The van der Waals surface area contributed by atoms with Crippen LogP contribution in [0.4, 0.5) is 5.95 Å². The standard InChI is InChI=1S/C8H8ClN3O/c1-3-4-13-7-6(9)5-11-8(10-2)12-7/h1,5H,4H2,2H3,(H,10,11,12). The number of aromatic nitrogens is 2. The SMILES string of the molecule is C#CCOc1nc(NC)ncc1Cl. The van der Waals surface area contributed by atoms with Crippen molar-refractivity contribution in [3.63, 3.8) is 0 Å². The lowest BCUT2D eigenvalue weighted by Crippen LogP contribution is -2.01. The van der Waals surface area contributed by atoms with Crippen LogP contribution in [0.5, 0.6) is 5.88 Å². The third-order valence-corrected chi connectivity index (χ3v) is 1.49. The largest absolute Gasteiger partial charge is 0.463 e. The van der Waals surface area contributed by atoms with E-state index in [1.54, 1.807) is 7.05 Å². The minimum atomic E-state index is 0.139. The van der Waals surface area contributed by atoms with Gasteiger partial charge in [0.1, 0.15) is 5.02 Å². The Hall–Kier alpha value is -1.47. The van der Waals surface area contributed by atoms with E-state index < -0.39 is 0 Å². The second kappa shape index (κ2) is 4.53. The fourth-order valence-corrected chi connectivity index (χ4v) is 0.829. The van der Waals surface area contributed by atoms with Crippen molar-refractivity contribution < 1.29 is 4.74 Å². The summed E-state index contributed by atoms with van der Waals surface area (Å²) in [5, 5.41) is 3.10. The lowest BCUT2D eigenvalue weighted by Gasteiger charge is -2.04. The average molecular weight is 198 g/mol. The zero-order chi connectivity index (χ0) is 9.68. The number of anilines is 1. The first-order chi connectivity index (χ1) is 6.27. The van der Waals surface area contributed by atoms with Crippen LogP contribution in [0, 0.1) is 12.3 Å². The first kappa shape index (κ1) is 9.62. The summed E-state index contributed by atoms with van der Waals surface area (Å²) in [6.45, 7) is 0.139. The summed E-state index contributed by atoms with van der Waals surface area (Å²) in [5.41, 5.74) is 0. The Balaban J connectivity index is 2.85. The predicted molar refractivity (Wildman–Crippen MR) is 50.9 cm³/mol. The molecule has 0 aliphatic carbocycles. The van der Waals surface area contributed by atoms with Gasteiger partial charge in [-0.15, -0.1) is 6.42 Å². The van der Waals surface area contributed by atoms with Crippen LogP contribution < -0.4 is 10.1 Å². The molecule has 4 nitrogen and oxygen atoms in total. The van der Waals surface area contributed by atoms with Gasteiger partial charge in [-0.1, -0.05) is 17.5 Å². The third kappa shape index (κ3) is 2.49. The number of terminal acetylenes is 1. The van der Waals surface area contributed by atoms with Crippen molar-refractivity contribution in [3.05, 3.63) is 11.2 Å². The Bertz CT molecular complexity index is 335. The van der Waals surface area contributed by atoms with Crippen LogP contribution in [0.15, 0.2) is 6.20 Å². The summed E-state index contributed by atoms with van der Waals surface area (Å²) in [7, 11) is 1.70. The molecule has 0 unspecified atom stereocenters. The van der Waals surface area contributed by atoms with Gasteiger partial charge in [0.05, 0.1) is 6.20 Å². The van der Waals surface area contributed by atoms with Gasteiger partial charge in [-0.3, -0.25) is 0 Å². The van der Waals surface area contributed by atoms with E-state index in [4.69, 9.17) is 22.8 Å². The normalized spacial score (nSPS) is 9.00. The van der Waals surface area contributed by atoms with E-state index in [-0.39, 0.29) is 6.61 Å². The number of hydrogen-bond acceptors (Lipinski definition) is 4. The molecule has 0 bridgehead atoms. The van der Waals surface area contributed by atoms with Crippen molar-refractivity contribution in [1.29, 1.82) is 0 Å². The molecule has 1 heterocycles. The van der Waals surface area contributed by atoms with E-state index >= 15 is 0 Å². The maximum atomic E-state index is 5.74. The molecule has 0 aliphatic heterocycles. The molecular weight excluding hydrogens is 190 g/mol. The molecule has 0 aliphatic rings. The molecule has 0 spiro atoms. The van der Waals surface area contributed by atoms with Gasteiger partial charge in [0.2, 0.25) is 11.8 Å². The molecule has 1 N–H and O–H groups in total. The summed E-state index contributed by atoms with van der Waals surface area (Å²) >= 11 is 5.74. The fraction of sp³-hybridized carbons (Fsp3) is 0.250. The molecule has 1 rings (SSSR count). The summed E-state index contributed by atoms with van der Waals surface area (Å²) in [6, 6.07) is 0. The summed E-state index contributed by atoms with van der Waals surface area (Å²) in [6.07, 6.45) is 6.47. The monoisotopic (exact) mass is 197 g/mol. The molecular formula is C8H8ClN3O. The number of rotatable bonds is 3. The lowest BCUT2D eigenvalue weighted by molar-refractivity contribution is 0.355. The van der Waals surface area contributed by atoms with E-state index in [0.29, 0.717) is 16.9 Å². The molecule has 0 aromatic carbocycles. The van der Waals surface area contributed by atoms with Crippen molar-refractivity contribution in [1.82, 2.24) is 9.97 Å². The van der Waals surface area contributed by atoms with Crippen LogP contribution in [0.25, 0.3) is 0 Å². The van der Waals surface area contributed by atoms with Gasteiger partial charge in [-0.2, -0.15) is 4.98 Å². The maximum Gasteiger partial charge on any atom is 0.238 e. The molecule has 0 saturated heterocycles. The third-order valence-electron chi connectivity index (χ3n) is 1.23. The highest BCUT2D eigenvalue weighted by Gasteiger charge is 2.04. The highest BCUT2D eigenvalue weighted by molar-refractivity contribution is 6.31. The summed E-state index contributed by atoms with van der Waals surface area (Å²) < 4.78 is 5.07. The zero-order valence-electron chi connectivity index (χ0n) is 7.04. The van der Waals surface area contributed by atoms with Crippen LogP contribution in [0.3, 0.4) is 0 Å². The molecule has 1 aromatic rings. The lowest BCUT2D eigenvalue weighted by atomic mass is 10.6. The van der Waals surface area contributed by atoms with E-state index in [1.807, 2.05) is 0 Å². The van der Waals surface area contributed by atoms with E-state index in [0.717, 1.165) is 0 Å². The maximum absolute atomic E-state index is 5.74. The fourth-order valence-electron chi connectivity index (χ4n) is 0.683. The van der Waals surface area contributed by atoms with Crippen molar-refractivity contribution in [2.75, 3.05) is 19.0 Å². The molecule has 68 valence electrons. The second-order valence-corrected chi connectivity index (χ2v) is 2.50. The number of hydrogen-bond donors (Lipinski definition) is 1. The summed E-state index contributed by atoms with van der Waals surface area (Å²) in [4.78, 5) is 7.84. The summed E-state index contributed by atoms with van der Waals surface area (Å²) in [5.74, 6) is 3.05. The average Bonchev–Trinajstić information content (AvgIpc) is 2.17. The van der Waals surface area contributed by atoms with Crippen molar-refractivity contribution >= 4 is 17.5 Å². The Morgan fingerprint density at radius 3 is 3.15 bits per heavy atom. The van der Waals surface area contributed by atoms with Crippen LogP contribution in [0.2, 0.25) is 5.02 Å². The van der Waals surface area contributed by atoms with Crippen LogP contribution in [-0.2, 0) is 0 Å². The van der Waals surface area contributed by atoms with Crippen LogP contribution in [0.1, 0.15) is 0 Å². The van der Waals surface area contributed by atoms with Gasteiger partial charge in [-0.05, 0) is 0 Å². The highest BCUT2D eigenvalue weighted by Crippen LogP contribution is 2.21. The van der Waals surface area contributed by atoms with Crippen LogP contribution >= 0.6 is 11.6 Å². The predicted octanol–water partition coefficient (Wildman–Crippen LogP) is 1.18. The quantitative estimate of drug-likeness (QED) is 0.740. The zero-order valence-corrected chi connectivity index (χ0v) is 7.80. The van der Waals surface area contributed by atoms with Gasteiger partial charge in [-0.25, -0.2) is 4.98 Å². The molecule has 13 heavy (non-hydrogen) atoms. The molecule has 1 aromatic heterocycles. The van der Waals surface area contributed by atoms with Crippen molar-refractivity contribution in [2.45, 2.75) is 0 Å². The Labute approximate surface area is 81.3 Å². The van der Waals surface area contributed by atoms with Gasteiger partial charge in [0, 0.05) is 7.05 Å². The smallest absolute Gasteiger partial charge is 0.238 e. The molecule has 0 atom stereocenters. The van der Waals surface area contributed by atoms with Gasteiger partial charge in [0.25, 0.3) is 0 Å². The molecule has 0 fully saturated rings. The van der Waals surface area contributed by atoms with Gasteiger partial charge in [0.15, 0.2) is 6.61 Å². The van der Waals surface area contributed by atoms with Gasteiger partial charge < -0.3 is 10.1 Å². The first-order valence-corrected chi connectivity index (χ1v) is 3.92. The number of nitrogens with zero attached hydrogens (tertiary/aromatic N) is 2. The first-order valence-electron chi connectivity index (χ1n) is 3.54. The molecule has 0 saturated carbocycles. The topological polar surface area (TPSA) is 47.0 Å². The number of nitrogens with one attached hydrogen (secondary N) is 1. The minimum Gasteiger partial charge on any atom is -0.463 e. The molecule has 0 amide bonds. The molecule has 5 heteroatoms.